The SMILES string of the molecule is COC(=O)c1ccc([C@@H]2C3=C(C[C@@H](c4ccc(OC)c(OC)c4)CC3=O)Nc3onc(C)c32)cc1. The molecule has 0 spiro atoms. The molecule has 1 N–H and O–H groups in total. The zero-order chi connectivity index (χ0) is 24.7. The minimum Gasteiger partial charge on any atom is -0.493 e. The summed E-state index contributed by atoms with van der Waals surface area (Å²) in [6, 6.07) is 12.9. The Morgan fingerprint density at radius 3 is 2.40 bits per heavy atom. The summed E-state index contributed by atoms with van der Waals surface area (Å²) in [6.45, 7) is 1.87. The number of carbonyl (C=O) groups is 2. The van der Waals surface area contributed by atoms with Gasteiger partial charge in [0.25, 0.3) is 0 Å². The van der Waals surface area contributed by atoms with Crippen molar-refractivity contribution in [2.45, 2.75) is 31.6 Å². The summed E-state index contributed by atoms with van der Waals surface area (Å²) in [5.74, 6) is 1.11. The van der Waals surface area contributed by atoms with Gasteiger partial charge in [-0.15, -0.1) is 0 Å². The normalized spacial score (nSPS) is 18.9. The number of Topliss-reactive ketones (excluding diaryl/α,β-unsaturated/α-hetero) is 1. The van der Waals surface area contributed by atoms with Crippen molar-refractivity contribution in [3.05, 3.63) is 81.7 Å². The van der Waals surface area contributed by atoms with Gasteiger partial charge in [-0.3, -0.25) is 4.79 Å². The van der Waals surface area contributed by atoms with Crippen molar-refractivity contribution in [1.29, 1.82) is 0 Å². The fourth-order valence-electron chi connectivity index (χ4n) is 5.08. The molecule has 3 aromatic rings. The number of aromatic nitrogens is 1. The summed E-state index contributed by atoms with van der Waals surface area (Å²) in [4.78, 5) is 25.6. The smallest absolute Gasteiger partial charge is 0.337 e. The number of ketones is 1. The number of carbonyl (C=O) groups excluding carboxylic acids is 2. The molecule has 8 heteroatoms. The summed E-state index contributed by atoms with van der Waals surface area (Å²) in [7, 11) is 4.54. The van der Waals surface area contributed by atoms with Crippen molar-refractivity contribution in [1.82, 2.24) is 5.16 Å². The molecule has 180 valence electrons. The summed E-state index contributed by atoms with van der Waals surface area (Å²) < 4.78 is 21.2. The first-order valence-electron chi connectivity index (χ1n) is 11.3. The molecule has 0 saturated carbocycles. The molecule has 0 radical (unpaired) electrons. The largest absolute Gasteiger partial charge is 0.493 e. The van der Waals surface area contributed by atoms with E-state index < -0.39 is 5.97 Å². The predicted octanol–water partition coefficient (Wildman–Crippen LogP) is 4.75. The third-order valence-electron chi connectivity index (χ3n) is 6.80. The van der Waals surface area contributed by atoms with Gasteiger partial charge in [-0.1, -0.05) is 23.4 Å². The van der Waals surface area contributed by atoms with Crippen LogP contribution in [0.5, 0.6) is 11.5 Å². The Morgan fingerprint density at radius 1 is 1.00 bits per heavy atom. The maximum Gasteiger partial charge on any atom is 0.337 e. The second-order valence-corrected chi connectivity index (χ2v) is 8.72. The van der Waals surface area contributed by atoms with Gasteiger partial charge in [-0.2, -0.15) is 0 Å². The van der Waals surface area contributed by atoms with E-state index in [1.54, 1.807) is 26.4 Å². The van der Waals surface area contributed by atoms with Crippen LogP contribution in [-0.2, 0) is 9.53 Å². The maximum atomic E-state index is 13.7. The lowest BCUT2D eigenvalue weighted by atomic mass is 9.72. The molecule has 0 unspecified atom stereocenters. The molecule has 2 atom stereocenters. The highest BCUT2D eigenvalue weighted by Gasteiger charge is 2.41. The number of hydrogen-bond acceptors (Lipinski definition) is 8. The number of aryl methyl sites for hydroxylation is 1. The lowest BCUT2D eigenvalue weighted by Crippen LogP contribution is -2.29. The zero-order valence-corrected chi connectivity index (χ0v) is 20.0. The summed E-state index contributed by atoms with van der Waals surface area (Å²) in [6.07, 6.45) is 0.999. The molecular weight excluding hydrogens is 448 g/mol. The number of nitrogens with one attached hydrogen (secondary N) is 1. The fourth-order valence-corrected chi connectivity index (χ4v) is 5.08. The van der Waals surface area contributed by atoms with Gasteiger partial charge in [0, 0.05) is 23.6 Å². The van der Waals surface area contributed by atoms with Gasteiger partial charge in [0.2, 0.25) is 5.88 Å². The Balaban J connectivity index is 1.55. The second-order valence-electron chi connectivity index (χ2n) is 8.72. The third-order valence-corrected chi connectivity index (χ3v) is 6.80. The Bertz CT molecular complexity index is 1340. The lowest BCUT2D eigenvalue weighted by Gasteiger charge is -2.34. The highest BCUT2D eigenvalue weighted by Crippen LogP contribution is 2.49. The summed E-state index contributed by atoms with van der Waals surface area (Å²) in [5.41, 5.74) is 5.44. The van der Waals surface area contributed by atoms with Crippen LogP contribution in [0.15, 0.2) is 58.3 Å². The Morgan fingerprint density at radius 2 is 1.71 bits per heavy atom. The lowest BCUT2D eigenvalue weighted by molar-refractivity contribution is -0.116. The Kier molecular flexibility index (Phi) is 5.80. The van der Waals surface area contributed by atoms with Gasteiger partial charge in [0.1, 0.15) is 0 Å². The second kappa shape index (κ2) is 8.94. The molecule has 0 saturated heterocycles. The van der Waals surface area contributed by atoms with E-state index in [1.165, 1.54) is 7.11 Å². The van der Waals surface area contributed by atoms with Crippen molar-refractivity contribution in [3.63, 3.8) is 0 Å². The highest BCUT2D eigenvalue weighted by molar-refractivity contribution is 6.01. The topological polar surface area (TPSA) is 99.9 Å². The van der Waals surface area contributed by atoms with Crippen molar-refractivity contribution in [2.24, 2.45) is 0 Å². The van der Waals surface area contributed by atoms with Crippen molar-refractivity contribution < 1.29 is 28.3 Å². The van der Waals surface area contributed by atoms with E-state index in [4.69, 9.17) is 18.7 Å². The monoisotopic (exact) mass is 474 g/mol. The third kappa shape index (κ3) is 3.84. The van der Waals surface area contributed by atoms with Gasteiger partial charge in [-0.25, -0.2) is 4.79 Å². The molecule has 0 bridgehead atoms. The summed E-state index contributed by atoms with van der Waals surface area (Å²) >= 11 is 0. The average Bonchev–Trinajstić information content (AvgIpc) is 3.26. The van der Waals surface area contributed by atoms with E-state index in [9.17, 15) is 9.59 Å². The molecule has 1 aromatic heterocycles. The van der Waals surface area contributed by atoms with Crippen LogP contribution in [0.25, 0.3) is 0 Å². The first-order valence-corrected chi connectivity index (χ1v) is 11.3. The van der Waals surface area contributed by atoms with Crippen LogP contribution >= 0.6 is 0 Å². The van der Waals surface area contributed by atoms with E-state index in [2.05, 4.69) is 10.5 Å². The molecule has 0 fully saturated rings. The molecule has 5 rings (SSSR count). The van der Waals surface area contributed by atoms with E-state index >= 15 is 0 Å². The van der Waals surface area contributed by atoms with Crippen LogP contribution in [0.2, 0.25) is 0 Å². The quantitative estimate of drug-likeness (QED) is 0.529. The number of ether oxygens (including phenoxy) is 3. The van der Waals surface area contributed by atoms with Crippen LogP contribution < -0.4 is 14.8 Å². The first-order chi connectivity index (χ1) is 16.9. The number of rotatable bonds is 5. The number of methoxy groups -OCH3 is 3. The van der Waals surface area contributed by atoms with Crippen molar-refractivity contribution >= 4 is 17.6 Å². The number of anilines is 1. The summed E-state index contributed by atoms with van der Waals surface area (Å²) in [5, 5.41) is 7.49. The van der Waals surface area contributed by atoms with Crippen LogP contribution in [-0.4, -0.2) is 38.2 Å². The molecule has 2 heterocycles. The maximum absolute atomic E-state index is 13.7. The van der Waals surface area contributed by atoms with Gasteiger partial charge < -0.3 is 24.1 Å². The van der Waals surface area contributed by atoms with Gasteiger partial charge in [0.05, 0.1) is 38.2 Å². The number of nitrogens with zero attached hydrogens (tertiary/aromatic N) is 1. The molecule has 35 heavy (non-hydrogen) atoms. The molecule has 1 aliphatic heterocycles. The van der Waals surface area contributed by atoms with Gasteiger partial charge in [0.15, 0.2) is 17.3 Å². The number of esters is 1. The molecule has 1 aliphatic carbocycles. The fraction of sp³-hybridized carbons (Fsp3) is 0.296. The van der Waals surface area contributed by atoms with Crippen molar-refractivity contribution in [3.8, 4) is 11.5 Å². The van der Waals surface area contributed by atoms with E-state index in [0.29, 0.717) is 41.4 Å². The van der Waals surface area contributed by atoms with Gasteiger partial charge >= 0.3 is 5.97 Å². The van der Waals surface area contributed by atoms with Crippen molar-refractivity contribution in [2.75, 3.05) is 26.6 Å². The van der Waals surface area contributed by atoms with E-state index in [1.807, 2.05) is 37.3 Å². The Hall–Kier alpha value is -4.07. The standard InChI is InChI=1S/C27H26N2O6/c1-14-23-24(15-5-7-16(8-6-15)27(31)34-4)25-19(28-26(23)35-29-14)11-18(12-20(25)30)17-9-10-21(32-2)22(13-17)33-3/h5-10,13,18,24,28H,11-12H2,1-4H3/t18-,24+/m1/s1. The van der Waals surface area contributed by atoms with E-state index in [0.717, 1.165) is 28.1 Å². The average molecular weight is 475 g/mol. The number of allylic oxidation sites excluding steroid dienone is 2. The zero-order valence-electron chi connectivity index (χ0n) is 20.0. The minimum absolute atomic E-state index is 0.0264. The molecule has 2 aliphatic rings. The Labute approximate surface area is 202 Å². The molecule has 8 nitrogen and oxygen atoms in total. The van der Waals surface area contributed by atoms with Crippen LogP contribution in [0, 0.1) is 6.92 Å². The number of hydrogen-bond donors (Lipinski definition) is 1. The van der Waals surface area contributed by atoms with Gasteiger partial charge in [-0.05, 0) is 54.7 Å². The molecule has 2 aromatic carbocycles. The van der Waals surface area contributed by atoms with Crippen LogP contribution in [0.1, 0.15) is 57.4 Å². The molecular formula is C27H26N2O6. The van der Waals surface area contributed by atoms with Crippen LogP contribution in [0.4, 0.5) is 5.88 Å². The number of fused-ring (bicyclic) bond motifs is 1. The van der Waals surface area contributed by atoms with E-state index in [-0.39, 0.29) is 17.6 Å². The highest BCUT2D eigenvalue weighted by atomic mass is 16.5. The minimum atomic E-state index is -0.407. The first kappa shape index (κ1) is 22.7. The van der Waals surface area contributed by atoms with Crippen LogP contribution in [0.3, 0.4) is 0 Å². The number of benzene rings is 2. The molecule has 0 amide bonds. The predicted molar refractivity (Wildman–Crippen MR) is 128 cm³/mol.